The quantitative estimate of drug-likeness (QED) is 0.745. The second-order valence-electron chi connectivity index (χ2n) is 7.97. The number of ether oxygens (including phenoxy) is 1. The lowest BCUT2D eigenvalue weighted by molar-refractivity contribution is -0.117. The van der Waals surface area contributed by atoms with Crippen LogP contribution in [-0.2, 0) is 14.8 Å². The fraction of sp³-hybridized carbons (Fsp3) is 0.435. The summed E-state index contributed by atoms with van der Waals surface area (Å²) < 4.78 is 33.1. The molecule has 3 rings (SSSR count). The molecule has 1 heterocycles. The van der Waals surface area contributed by atoms with Crippen LogP contribution in [0.1, 0.15) is 42.4 Å². The molecule has 1 aliphatic heterocycles. The number of nitrogens with one attached hydrogen (secondary N) is 1. The first-order chi connectivity index (χ1) is 14.2. The fourth-order valence-electron chi connectivity index (χ4n) is 4.16. The average molecular weight is 431 g/mol. The molecule has 162 valence electrons. The predicted octanol–water partition coefficient (Wildman–Crippen LogP) is 4.19. The number of hydrogen-bond donors (Lipinski definition) is 1. The van der Waals surface area contributed by atoms with Crippen LogP contribution >= 0.6 is 0 Å². The van der Waals surface area contributed by atoms with Gasteiger partial charge in [0.2, 0.25) is 15.9 Å². The van der Waals surface area contributed by atoms with Crippen molar-refractivity contribution >= 4 is 21.6 Å². The summed E-state index contributed by atoms with van der Waals surface area (Å²) in [7, 11) is -2.14. The van der Waals surface area contributed by atoms with Gasteiger partial charge in [-0.2, -0.15) is 4.31 Å². The Kier molecular flexibility index (Phi) is 6.83. The average Bonchev–Trinajstić information content (AvgIpc) is 2.71. The number of hydrogen-bond acceptors (Lipinski definition) is 4. The lowest BCUT2D eigenvalue weighted by Gasteiger charge is -2.34. The molecule has 0 unspecified atom stereocenters. The van der Waals surface area contributed by atoms with Gasteiger partial charge in [0.05, 0.1) is 12.0 Å². The van der Waals surface area contributed by atoms with E-state index in [2.05, 4.69) is 5.32 Å². The van der Waals surface area contributed by atoms with Gasteiger partial charge in [-0.3, -0.25) is 4.79 Å². The van der Waals surface area contributed by atoms with Crippen molar-refractivity contribution in [2.24, 2.45) is 0 Å². The summed E-state index contributed by atoms with van der Waals surface area (Å²) in [5.41, 5.74) is 3.97. The predicted molar refractivity (Wildman–Crippen MR) is 118 cm³/mol. The van der Waals surface area contributed by atoms with Gasteiger partial charge in [0.1, 0.15) is 5.75 Å². The van der Waals surface area contributed by atoms with Crippen molar-refractivity contribution in [1.82, 2.24) is 4.31 Å². The summed E-state index contributed by atoms with van der Waals surface area (Å²) in [5, 5.41) is 3.00. The number of benzene rings is 2. The van der Waals surface area contributed by atoms with E-state index >= 15 is 0 Å². The van der Waals surface area contributed by atoms with Gasteiger partial charge in [0.25, 0.3) is 0 Å². The van der Waals surface area contributed by atoms with Crippen molar-refractivity contribution in [3.05, 3.63) is 53.1 Å². The number of carbonyl (C=O) groups excluding carboxylic acids is 1. The van der Waals surface area contributed by atoms with Crippen LogP contribution in [0.15, 0.2) is 41.3 Å². The molecule has 0 aliphatic carbocycles. The van der Waals surface area contributed by atoms with E-state index in [1.807, 2.05) is 32.9 Å². The largest absolute Gasteiger partial charge is 0.497 e. The third-order valence-corrected chi connectivity index (χ3v) is 7.57. The number of rotatable bonds is 6. The first-order valence-corrected chi connectivity index (χ1v) is 11.7. The zero-order valence-corrected chi connectivity index (χ0v) is 18.9. The Bertz CT molecular complexity index is 993. The van der Waals surface area contributed by atoms with Crippen molar-refractivity contribution in [1.29, 1.82) is 0 Å². The van der Waals surface area contributed by atoms with Crippen LogP contribution < -0.4 is 10.1 Å². The van der Waals surface area contributed by atoms with Crippen molar-refractivity contribution in [2.75, 3.05) is 19.0 Å². The molecule has 1 atom stereocenters. The van der Waals surface area contributed by atoms with E-state index in [0.717, 1.165) is 35.2 Å². The number of amides is 1. The van der Waals surface area contributed by atoms with Crippen LogP contribution in [0.25, 0.3) is 0 Å². The van der Waals surface area contributed by atoms with Crippen molar-refractivity contribution < 1.29 is 17.9 Å². The molecular weight excluding hydrogens is 400 g/mol. The Hall–Kier alpha value is -2.38. The first kappa shape index (κ1) is 22.3. The topological polar surface area (TPSA) is 75.7 Å². The van der Waals surface area contributed by atoms with Gasteiger partial charge in [0, 0.05) is 24.7 Å². The number of sulfonamides is 1. The van der Waals surface area contributed by atoms with E-state index in [4.69, 9.17) is 4.74 Å². The molecule has 30 heavy (non-hydrogen) atoms. The minimum absolute atomic E-state index is 0.141. The number of anilines is 1. The maximum Gasteiger partial charge on any atom is 0.243 e. The molecule has 1 saturated heterocycles. The number of nitrogens with zero attached hydrogens (tertiary/aromatic N) is 1. The summed E-state index contributed by atoms with van der Waals surface area (Å²) >= 11 is 0. The van der Waals surface area contributed by atoms with E-state index in [1.165, 1.54) is 4.31 Å². The molecule has 6 nitrogen and oxygen atoms in total. The summed E-state index contributed by atoms with van der Waals surface area (Å²) in [6, 6.07) is 10.1. The normalized spacial score (nSPS) is 17.5. The van der Waals surface area contributed by atoms with Crippen molar-refractivity contribution in [2.45, 2.75) is 57.4 Å². The Morgan fingerprint density at radius 1 is 1.10 bits per heavy atom. The Labute approximate surface area is 179 Å². The SMILES string of the molecule is COc1ccc(S(=O)(=O)N2CCCC[C@H]2CC(=O)Nc2c(C)cc(C)cc2C)cc1. The maximum absolute atomic E-state index is 13.2. The molecule has 1 amide bonds. The molecular formula is C23H30N2O4S. The molecule has 0 radical (unpaired) electrons. The Morgan fingerprint density at radius 3 is 2.33 bits per heavy atom. The lowest BCUT2D eigenvalue weighted by atomic mass is 10.0. The summed E-state index contributed by atoms with van der Waals surface area (Å²) in [6.07, 6.45) is 2.52. The van der Waals surface area contributed by atoms with Crippen molar-refractivity contribution in [3.8, 4) is 5.75 Å². The Morgan fingerprint density at radius 2 is 1.73 bits per heavy atom. The molecule has 1 aliphatic rings. The highest BCUT2D eigenvalue weighted by Gasteiger charge is 2.34. The molecule has 1 fully saturated rings. The second kappa shape index (κ2) is 9.18. The van der Waals surface area contributed by atoms with Gasteiger partial charge in [0.15, 0.2) is 0 Å². The molecule has 0 bridgehead atoms. The zero-order chi connectivity index (χ0) is 21.9. The molecule has 2 aromatic rings. The summed E-state index contributed by atoms with van der Waals surface area (Å²) in [4.78, 5) is 13.0. The van der Waals surface area contributed by atoms with E-state index in [0.29, 0.717) is 18.7 Å². The highest BCUT2D eigenvalue weighted by atomic mass is 32.2. The van der Waals surface area contributed by atoms with Crippen LogP contribution in [0.2, 0.25) is 0 Å². The van der Waals surface area contributed by atoms with E-state index in [-0.39, 0.29) is 23.3 Å². The van der Waals surface area contributed by atoms with E-state index in [1.54, 1.807) is 31.4 Å². The zero-order valence-electron chi connectivity index (χ0n) is 18.1. The van der Waals surface area contributed by atoms with E-state index in [9.17, 15) is 13.2 Å². The fourth-order valence-corrected chi connectivity index (χ4v) is 5.85. The van der Waals surface area contributed by atoms with Crippen LogP contribution in [0, 0.1) is 20.8 Å². The molecule has 0 spiro atoms. The Balaban J connectivity index is 1.77. The van der Waals surface area contributed by atoms with E-state index < -0.39 is 10.0 Å². The highest BCUT2D eigenvalue weighted by Crippen LogP contribution is 2.29. The van der Waals surface area contributed by atoms with Gasteiger partial charge in [-0.1, -0.05) is 24.1 Å². The van der Waals surface area contributed by atoms with Crippen LogP contribution in [0.3, 0.4) is 0 Å². The van der Waals surface area contributed by atoms with Crippen LogP contribution in [0.5, 0.6) is 5.75 Å². The molecule has 0 saturated carbocycles. The number of carbonyl (C=O) groups is 1. The standard InChI is InChI=1S/C23H30N2O4S/c1-16-13-17(2)23(18(3)14-16)24-22(26)15-19-7-5-6-12-25(19)30(27,28)21-10-8-20(29-4)9-11-21/h8-11,13-14,19H,5-7,12,15H2,1-4H3,(H,24,26)/t19-/m0/s1. The second-order valence-corrected chi connectivity index (χ2v) is 9.86. The van der Waals surface area contributed by atoms with Gasteiger partial charge >= 0.3 is 0 Å². The van der Waals surface area contributed by atoms with Crippen molar-refractivity contribution in [3.63, 3.8) is 0 Å². The summed E-state index contributed by atoms with van der Waals surface area (Å²) in [5.74, 6) is 0.444. The van der Waals surface area contributed by atoms with Crippen LogP contribution in [0.4, 0.5) is 5.69 Å². The number of methoxy groups -OCH3 is 1. The third kappa shape index (κ3) is 4.84. The minimum atomic E-state index is -3.68. The summed E-state index contributed by atoms with van der Waals surface area (Å²) in [6.45, 7) is 6.39. The smallest absolute Gasteiger partial charge is 0.243 e. The first-order valence-electron chi connectivity index (χ1n) is 10.3. The third-order valence-electron chi connectivity index (χ3n) is 5.60. The van der Waals surface area contributed by atoms with Gasteiger partial charge in [-0.05, 0) is 69.0 Å². The maximum atomic E-state index is 13.2. The molecule has 1 N–H and O–H groups in total. The number of aryl methyl sites for hydroxylation is 3. The molecule has 0 aromatic heterocycles. The monoisotopic (exact) mass is 430 g/mol. The van der Waals surface area contributed by atoms with Gasteiger partial charge in [-0.25, -0.2) is 8.42 Å². The minimum Gasteiger partial charge on any atom is -0.497 e. The molecule has 7 heteroatoms. The van der Waals surface area contributed by atoms with Gasteiger partial charge < -0.3 is 10.1 Å². The highest BCUT2D eigenvalue weighted by molar-refractivity contribution is 7.89. The van der Waals surface area contributed by atoms with Gasteiger partial charge in [-0.15, -0.1) is 0 Å². The lowest BCUT2D eigenvalue weighted by Crippen LogP contribution is -2.45. The number of piperidine rings is 1. The molecule has 2 aromatic carbocycles. The van der Waals surface area contributed by atoms with Crippen LogP contribution in [-0.4, -0.2) is 38.3 Å².